The Hall–Kier alpha value is -3.08. The highest BCUT2D eigenvalue weighted by molar-refractivity contribution is 6.07. The molecule has 1 heterocycles. The van der Waals surface area contributed by atoms with Crippen molar-refractivity contribution in [2.24, 2.45) is 0 Å². The van der Waals surface area contributed by atoms with Crippen LogP contribution in [0.2, 0.25) is 0 Å². The molecule has 0 fully saturated rings. The summed E-state index contributed by atoms with van der Waals surface area (Å²) in [5, 5.41) is 0.869. The van der Waals surface area contributed by atoms with Crippen LogP contribution in [0.3, 0.4) is 0 Å². The molecule has 2 unspecified atom stereocenters. The van der Waals surface area contributed by atoms with Crippen LogP contribution in [0.5, 0.6) is 11.5 Å². The number of amides is 1. The van der Waals surface area contributed by atoms with Crippen LogP contribution < -0.4 is 9.47 Å². The summed E-state index contributed by atoms with van der Waals surface area (Å²) < 4.78 is 10.8. The van der Waals surface area contributed by atoms with Crippen LogP contribution >= 0.6 is 0 Å². The van der Waals surface area contributed by atoms with Gasteiger partial charge in [-0.2, -0.15) is 0 Å². The molecule has 5 nitrogen and oxygen atoms in total. The molecule has 0 saturated heterocycles. The zero-order valence-corrected chi connectivity index (χ0v) is 19.3. The van der Waals surface area contributed by atoms with E-state index >= 15 is 0 Å². The van der Waals surface area contributed by atoms with Gasteiger partial charge < -0.3 is 14.4 Å². The number of rotatable bonds is 8. The molecule has 0 aliphatic heterocycles. The van der Waals surface area contributed by atoms with Gasteiger partial charge in [-0.1, -0.05) is 32.0 Å². The van der Waals surface area contributed by atoms with E-state index in [1.807, 2.05) is 53.4 Å². The SMILES string of the molecule is CCC(C)N(C(=O)c1cc(-c2ccc(OC)c(OC)c2)nc2ccccc12)C(C)CC. The number of benzene rings is 2. The molecule has 0 aliphatic rings. The van der Waals surface area contributed by atoms with E-state index in [2.05, 4.69) is 27.7 Å². The fourth-order valence-electron chi connectivity index (χ4n) is 3.86. The van der Waals surface area contributed by atoms with Crippen molar-refractivity contribution >= 4 is 16.8 Å². The lowest BCUT2D eigenvalue weighted by atomic mass is 10.0. The highest BCUT2D eigenvalue weighted by atomic mass is 16.5. The highest BCUT2D eigenvalue weighted by Gasteiger charge is 2.27. The average molecular weight is 421 g/mol. The van der Waals surface area contributed by atoms with E-state index in [1.165, 1.54) is 0 Å². The predicted octanol–water partition coefficient (Wildman–Crippen LogP) is 5.96. The van der Waals surface area contributed by atoms with Gasteiger partial charge in [-0.05, 0) is 57.0 Å². The van der Waals surface area contributed by atoms with E-state index in [-0.39, 0.29) is 18.0 Å². The maximum Gasteiger partial charge on any atom is 0.255 e. The van der Waals surface area contributed by atoms with Crippen molar-refractivity contribution in [3.05, 3.63) is 54.1 Å². The van der Waals surface area contributed by atoms with Crippen molar-refractivity contribution in [3.63, 3.8) is 0 Å². The summed E-state index contributed by atoms with van der Waals surface area (Å²) in [5.41, 5.74) is 3.08. The van der Waals surface area contributed by atoms with Gasteiger partial charge in [-0.15, -0.1) is 0 Å². The van der Waals surface area contributed by atoms with E-state index < -0.39 is 0 Å². The van der Waals surface area contributed by atoms with Gasteiger partial charge >= 0.3 is 0 Å². The molecule has 1 amide bonds. The van der Waals surface area contributed by atoms with Crippen molar-refractivity contribution in [2.45, 2.75) is 52.6 Å². The van der Waals surface area contributed by atoms with Crippen LogP contribution in [0.4, 0.5) is 0 Å². The van der Waals surface area contributed by atoms with Gasteiger partial charge in [0.1, 0.15) is 0 Å². The number of pyridine rings is 1. The number of hydrogen-bond donors (Lipinski definition) is 0. The molecule has 164 valence electrons. The summed E-state index contributed by atoms with van der Waals surface area (Å²) in [7, 11) is 3.22. The number of para-hydroxylation sites is 1. The van der Waals surface area contributed by atoms with Crippen molar-refractivity contribution in [1.82, 2.24) is 9.88 Å². The Kier molecular flexibility index (Phi) is 7.16. The van der Waals surface area contributed by atoms with Crippen LogP contribution in [0, 0.1) is 0 Å². The molecule has 0 N–H and O–H groups in total. The van der Waals surface area contributed by atoms with Crippen molar-refractivity contribution in [3.8, 4) is 22.8 Å². The molecular weight excluding hydrogens is 388 g/mol. The first kappa shape index (κ1) is 22.6. The predicted molar refractivity (Wildman–Crippen MR) is 126 cm³/mol. The van der Waals surface area contributed by atoms with Gasteiger partial charge in [-0.3, -0.25) is 4.79 Å². The van der Waals surface area contributed by atoms with E-state index in [0.717, 1.165) is 35.0 Å². The molecule has 0 bridgehead atoms. The van der Waals surface area contributed by atoms with Crippen LogP contribution in [0.15, 0.2) is 48.5 Å². The Morgan fingerprint density at radius 2 is 1.58 bits per heavy atom. The number of fused-ring (bicyclic) bond motifs is 1. The third-order valence-electron chi connectivity index (χ3n) is 5.99. The molecule has 0 saturated carbocycles. The smallest absolute Gasteiger partial charge is 0.255 e. The van der Waals surface area contributed by atoms with E-state index in [9.17, 15) is 4.79 Å². The number of aromatic nitrogens is 1. The first-order chi connectivity index (χ1) is 14.9. The van der Waals surface area contributed by atoms with Gasteiger partial charge in [0.15, 0.2) is 11.5 Å². The number of hydrogen-bond acceptors (Lipinski definition) is 4. The van der Waals surface area contributed by atoms with Gasteiger partial charge in [-0.25, -0.2) is 4.98 Å². The first-order valence-corrected chi connectivity index (χ1v) is 10.9. The minimum absolute atomic E-state index is 0.0454. The molecule has 0 radical (unpaired) electrons. The maximum atomic E-state index is 13.8. The molecule has 2 atom stereocenters. The average Bonchev–Trinajstić information content (AvgIpc) is 2.82. The summed E-state index contributed by atoms with van der Waals surface area (Å²) in [4.78, 5) is 20.7. The standard InChI is InChI=1S/C26H32N2O3/c1-7-17(3)28(18(4)8-2)26(29)21-16-23(27-22-12-10-9-11-20(21)22)19-13-14-24(30-5)25(15-19)31-6/h9-18H,7-8H2,1-6H3. The summed E-state index contributed by atoms with van der Waals surface area (Å²) in [6.45, 7) is 8.46. The van der Waals surface area contributed by atoms with Crippen LogP contribution in [-0.4, -0.2) is 42.1 Å². The van der Waals surface area contributed by atoms with Crippen LogP contribution in [0.25, 0.3) is 22.2 Å². The number of carbonyl (C=O) groups is 1. The van der Waals surface area contributed by atoms with Crippen molar-refractivity contribution in [2.75, 3.05) is 14.2 Å². The second-order valence-corrected chi connectivity index (χ2v) is 7.87. The topological polar surface area (TPSA) is 51.7 Å². The molecule has 3 rings (SSSR count). The van der Waals surface area contributed by atoms with E-state index in [4.69, 9.17) is 14.5 Å². The molecule has 31 heavy (non-hydrogen) atoms. The van der Waals surface area contributed by atoms with Crippen LogP contribution in [0.1, 0.15) is 50.9 Å². The molecule has 5 heteroatoms. The fraction of sp³-hybridized carbons (Fsp3) is 0.385. The third kappa shape index (κ3) is 4.50. The lowest BCUT2D eigenvalue weighted by Gasteiger charge is -2.34. The normalized spacial score (nSPS) is 13.0. The fourth-order valence-corrected chi connectivity index (χ4v) is 3.86. The summed E-state index contributed by atoms with van der Waals surface area (Å²) in [6, 6.07) is 15.7. The Labute approximate surface area is 185 Å². The third-order valence-corrected chi connectivity index (χ3v) is 5.99. The number of methoxy groups -OCH3 is 2. The molecule has 1 aromatic heterocycles. The second-order valence-electron chi connectivity index (χ2n) is 7.87. The van der Waals surface area contributed by atoms with Crippen LogP contribution in [-0.2, 0) is 0 Å². The summed E-state index contributed by atoms with van der Waals surface area (Å²) in [5.74, 6) is 1.33. The molecule has 0 aliphatic carbocycles. The monoisotopic (exact) mass is 420 g/mol. The molecular formula is C26H32N2O3. The van der Waals surface area contributed by atoms with Gasteiger partial charge in [0.25, 0.3) is 5.91 Å². The second kappa shape index (κ2) is 9.82. The molecule has 2 aromatic carbocycles. The Balaban J connectivity index is 2.19. The number of nitrogens with zero attached hydrogens (tertiary/aromatic N) is 2. The lowest BCUT2D eigenvalue weighted by molar-refractivity contribution is 0.0600. The first-order valence-electron chi connectivity index (χ1n) is 10.9. The molecule has 0 spiro atoms. The van der Waals surface area contributed by atoms with Crippen molar-refractivity contribution in [1.29, 1.82) is 0 Å². The van der Waals surface area contributed by atoms with Gasteiger partial charge in [0.2, 0.25) is 0 Å². The minimum atomic E-state index is 0.0454. The van der Waals surface area contributed by atoms with Crippen molar-refractivity contribution < 1.29 is 14.3 Å². The summed E-state index contributed by atoms with van der Waals surface area (Å²) in [6.07, 6.45) is 1.81. The van der Waals surface area contributed by atoms with Gasteiger partial charge in [0, 0.05) is 23.0 Å². The minimum Gasteiger partial charge on any atom is -0.493 e. The van der Waals surface area contributed by atoms with E-state index in [1.54, 1.807) is 14.2 Å². The Morgan fingerprint density at radius 3 is 2.19 bits per heavy atom. The Bertz CT molecular complexity index is 1050. The lowest BCUT2D eigenvalue weighted by Crippen LogP contribution is -2.44. The zero-order valence-electron chi connectivity index (χ0n) is 19.3. The zero-order chi connectivity index (χ0) is 22.5. The number of carbonyl (C=O) groups excluding carboxylic acids is 1. The summed E-state index contributed by atoms with van der Waals surface area (Å²) >= 11 is 0. The van der Waals surface area contributed by atoms with E-state index in [0.29, 0.717) is 17.1 Å². The molecule has 3 aromatic rings. The largest absolute Gasteiger partial charge is 0.493 e. The Morgan fingerprint density at radius 1 is 0.935 bits per heavy atom. The maximum absolute atomic E-state index is 13.8. The highest BCUT2D eigenvalue weighted by Crippen LogP contribution is 2.33. The number of ether oxygens (including phenoxy) is 2. The quantitative estimate of drug-likeness (QED) is 0.451. The van der Waals surface area contributed by atoms with Gasteiger partial charge in [0.05, 0.1) is 31.0 Å².